The highest BCUT2D eigenvalue weighted by Gasteiger charge is 2.20. The fourth-order valence-corrected chi connectivity index (χ4v) is 2.95. The Morgan fingerprint density at radius 1 is 1.19 bits per heavy atom. The smallest absolute Gasteiger partial charge is 0.305 e. The van der Waals surface area contributed by atoms with Gasteiger partial charge in [-0.3, -0.25) is 9.59 Å². The highest BCUT2D eigenvalue weighted by molar-refractivity contribution is 7.13. The lowest BCUT2D eigenvalue weighted by Gasteiger charge is -2.19. The first-order valence-electron chi connectivity index (χ1n) is 6.62. The van der Waals surface area contributed by atoms with Crippen LogP contribution in [0.4, 0.5) is 0 Å². The summed E-state index contributed by atoms with van der Waals surface area (Å²) in [6, 6.07) is 10.6. The Balaban J connectivity index is 2.23. The molecule has 1 amide bonds. The summed E-state index contributed by atoms with van der Waals surface area (Å²) in [4.78, 5) is 24.9. The number of amides is 1. The monoisotopic (exact) mass is 303 g/mol. The van der Waals surface area contributed by atoms with E-state index in [0.717, 1.165) is 16.0 Å². The summed E-state index contributed by atoms with van der Waals surface area (Å²) >= 11 is 1.40. The van der Waals surface area contributed by atoms with E-state index in [9.17, 15) is 9.59 Å². The lowest BCUT2D eigenvalue weighted by molar-refractivity contribution is -0.137. The molecule has 4 nitrogen and oxygen atoms in total. The first-order valence-corrected chi connectivity index (χ1v) is 7.43. The topological polar surface area (TPSA) is 66.4 Å². The number of nitrogens with one attached hydrogen (secondary N) is 1. The predicted octanol–water partition coefficient (Wildman–Crippen LogP) is 3.31. The summed E-state index contributed by atoms with van der Waals surface area (Å²) in [6.45, 7) is 3.84. The zero-order chi connectivity index (χ0) is 15.4. The SMILES string of the molecule is Cc1ccc(C(=O)NC(CC(=O)O)c2ccccc2C)s1. The maximum absolute atomic E-state index is 12.2. The van der Waals surface area contributed by atoms with Gasteiger partial charge in [-0.25, -0.2) is 0 Å². The van der Waals surface area contributed by atoms with Gasteiger partial charge in [0.05, 0.1) is 17.3 Å². The van der Waals surface area contributed by atoms with Gasteiger partial charge in [-0.15, -0.1) is 11.3 Å². The molecule has 1 heterocycles. The van der Waals surface area contributed by atoms with Gasteiger partial charge in [0, 0.05) is 4.88 Å². The number of carbonyl (C=O) groups excluding carboxylic acids is 1. The van der Waals surface area contributed by atoms with Crippen LogP contribution >= 0.6 is 11.3 Å². The molecule has 2 aromatic rings. The Hall–Kier alpha value is -2.14. The lowest BCUT2D eigenvalue weighted by atomic mass is 9.98. The van der Waals surface area contributed by atoms with Crippen LogP contribution in [-0.4, -0.2) is 17.0 Å². The third-order valence-corrected chi connectivity index (χ3v) is 4.21. The Morgan fingerprint density at radius 3 is 2.48 bits per heavy atom. The Morgan fingerprint density at radius 2 is 1.90 bits per heavy atom. The Bertz CT molecular complexity index is 663. The molecular formula is C16H17NO3S. The molecule has 1 unspecified atom stereocenters. The van der Waals surface area contributed by atoms with Gasteiger partial charge in [-0.1, -0.05) is 24.3 Å². The van der Waals surface area contributed by atoms with E-state index in [1.165, 1.54) is 11.3 Å². The van der Waals surface area contributed by atoms with Gasteiger partial charge in [-0.2, -0.15) is 0 Å². The minimum atomic E-state index is -0.939. The van der Waals surface area contributed by atoms with Crippen LogP contribution in [0.15, 0.2) is 36.4 Å². The minimum Gasteiger partial charge on any atom is -0.481 e. The van der Waals surface area contributed by atoms with Gasteiger partial charge in [0.2, 0.25) is 0 Å². The standard InChI is InChI=1S/C16H17NO3S/c1-10-5-3-4-6-12(10)13(9-15(18)19)17-16(20)14-8-7-11(2)21-14/h3-8,13H,9H2,1-2H3,(H,17,20)(H,18,19). The highest BCUT2D eigenvalue weighted by Crippen LogP contribution is 2.22. The van der Waals surface area contributed by atoms with Crippen molar-refractivity contribution < 1.29 is 14.7 Å². The summed E-state index contributed by atoms with van der Waals surface area (Å²) < 4.78 is 0. The Kier molecular flexibility index (Phi) is 4.75. The van der Waals surface area contributed by atoms with E-state index in [1.807, 2.05) is 44.2 Å². The normalized spacial score (nSPS) is 11.9. The van der Waals surface area contributed by atoms with Crippen LogP contribution in [0.2, 0.25) is 0 Å². The number of carbonyl (C=O) groups is 2. The minimum absolute atomic E-state index is 0.138. The lowest BCUT2D eigenvalue weighted by Crippen LogP contribution is -2.30. The summed E-state index contributed by atoms with van der Waals surface area (Å²) in [5, 5.41) is 11.9. The van der Waals surface area contributed by atoms with Gasteiger partial charge in [-0.05, 0) is 37.1 Å². The molecule has 1 atom stereocenters. The molecule has 0 saturated carbocycles. The van der Waals surface area contributed by atoms with Crippen molar-refractivity contribution in [3.8, 4) is 0 Å². The van der Waals surface area contributed by atoms with Crippen molar-refractivity contribution in [1.82, 2.24) is 5.32 Å². The van der Waals surface area contributed by atoms with Gasteiger partial charge >= 0.3 is 5.97 Å². The van der Waals surface area contributed by atoms with Crippen molar-refractivity contribution in [1.29, 1.82) is 0 Å². The zero-order valence-electron chi connectivity index (χ0n) is 11.9. The summed E-state index contributed by atoms with van der Waals surface area (Å²) in [6.07, 6.45) is -0.138. The molecule has 0 bridgehead atoms. The zero-order valence-corrected chi connectivity index (χ0v) is 12.7. The van der Waals surface area contributed by atoms with Crippen molar-refractivity contribution in [3.63, 3.8) is 0 Å². The van der Waals surface area contributed by atoms with Crippen LogP contribution in [0, 0.1) is 13.8 Å². The van der Waals surface area contributed by atoms with Crippen LogP contribution in [0.3, 0.4) is 0 Å². The first kappa shape index (κ1) is 15.3. The molecular weight excluding hydrogens is 286 g/mol. The second kappa shape index (κ2) is 6.54. The van der Waals surface area contributed by atoms with E-state index in [1.54, 1.807) is 6.07 Å². The number of benzene rings is 1. The molecule has 1 aromatic carbocycles. The first-order chi connectivity index (χ1) is 9.97. The van der Waals surface area contributed by atoms with E-state index in [-0.39, 0.29) is 12.3 Å². The number of thiophene rings is 1. The predicted molar refractivity (Wildman–Crippen MR) is 82.7 cm³/mol. The van der Waals surface area contributed by atoms with Gasteiger partial charge in [0.1, 0.15) is 0 Å². The van der Waals surface area contributed by atoms with Crippen molar-refractivity contribution >= 4 is 23.2 Å². The summed E-state index contributed by atoms with van der Waals surface area (Å²) in [7, 11) is 0. The van der Waals surface area contributed by atoms with Gasteiger partial charge < -0.3 is 10.4 Å². The van der Waals surface area contributed by atoms with E-state index in [4.69, 9.17) is 5.11 Å². The van der Waals surface area contributed by atoms with E-state index >= 15 is 0 Å². The van der Waals surface area contributed by atoms with Crippen molar-refractivity contribution in [2.24, 2.45) is 0 Å². The molecule has 0 radical (unpaired) electrons. The molecule has 110 valence electrons. The summed E-state index contributed by atoms with van der Waals surface area (Å²) in [5.74, 6) is -1.17. The molecule has 2 N–H and O–H groups in total. The van der Waals surface area contributed by atoms with E-state index in [0.29, 0.717) is 4.88 Å². The molecule has 5 heteroatoms. The fourth-order valence-electron chi connectivity index (χ4n) is 2.18. The number of hydrogen-bond donors (Lipinski definition) is 2. The van der Waals surface area contributed by atoms with E-state index < -0.39 is 12.0 Å². The van der Waals surface area contributed by atoms with Crippen LogP contribution < -0.4 is 5.32 Å². The van der Waals surface area contributed by atoms with Gasteiger partial charge in [0.15, 0.2) is 0 Å². The number of carboxylic acids is 1. The van der Waals surface area contributed by atoms with Crippen molar-refractivity contribution in [3.05, 3.63) is 57.3 Å². The average Bonchev–Trinajstić information content (AvgIpc) is 2.85. The van der Waals surface area contributed by atoms with Crippen LogP contribution in [0.5, 0.6) is 0 Å². The maximum Gasteiger partial charge on any atom is 0.305 e. The largest absolute Gasteiger partial charge is 0.481 e. The molecule has 0 spiro atoms. The number of aryl methyl sites for hydroxylation is 2. The molecule has 0 aliphatic rings. The van der Waals surface area contributed by atoms with Crippen molar-refractivity contribution in [2.75, 3.05) is 0 Å². The second-order valence-electron chi connectivity index (χ2n) is 4.89. The van der Waals surface area contributed by atoms with Crippen LogP contribution in [0.1, 0.15) is 38.1 Å². The number of carboxylic acid groups (broad SMARTS) is 1. The quantitative estimate of drug-likeness (QED) is 0.890. The molecule has 0 fully saturated rings. The third kappa shape index (κ3) is 3.92. The molecule has 0 saturated heterocycles. The Labute approximate surface area is 127 Å². The maximum atomic E-state index is 12.2. The van der Waals surface area contributed by atoms with Crippen molar-refractivity contribution in [2.45, 2.75) is 26.3 Å². The molecule has 0 aliphatic heterocycles. The van der Waals surface area contributed by atoms with Gasteiger partial charge in [0.25, 0.3) is 5.91 Å². The molecule has 21 heavy (non-hydrogen) atoms. The number of aliphatic carboxylic acids is 1. The number of rotatable bonds is 5. The second-order valence-corrected chi connectivity index (χ2v) is 6.18. The average molecular weight is 303 g/mol. The van der Waals surface area contributed by atoms with E-state index in [2.05, 4.69) is 5.32 Å². The van der Waals surface area contributed by atoms with Crippen LogP contribution in [0.25, 0.3) is 0 Å². The number of hydrogen-bond acceptors (Lipinski definition) is 3. The molecule has 0 aliphatic carbocycles. The third-order valence-electron chi connectivity index (χ3n) is 3.21. The molecule has 2 rings (SSSR count). The fraction of sp³-hybridized carbons (Fsp3) is 0.250. The van der Waals surface area contributed by atoms with Crippen LogP contribution in [-0.2, 0) is 4.79 Å². The highest BCUT2D eigenvalue weighted by atomic mass is 32.1. The summed E-state index contributed by atoms with van der Waals surface area (Å²) in [5.41, 5.74) is 1.80. The molecule has 1 aromatic heterocycles.